The Bertz CT molecular complexity index is 993. The number of carbonyl (C=O) groups is 1. The Hall–Kier alpha value is -3.07. The molecule has 0 radical (unpaired) electrons. The zero-order chi connectivity index (χ0) is 21.1. The molecular weight excluding hydrogens is 406 g/mol. The maximum Gasteiger partial charge on any atom is 0.257 e. The number of likely N-dealkylation sites (tertiary alicyclic amines) is 1. The molecule has 1 aromatic carbocycles. The van der Waals surface area contributed by atoms with E-state index in [1.807, 2.05) is 22.4 Å². The number of carbonyl (C=O) groups excluding carboxylic acids is 1. The minimum Gasteiger partial charge on any atom is -0.493 e. The van der Waals surface area contributed by atoms with E-state index in [1.165, 1.54) is 21.3 Å². The third-order valence-corrected chi connectivity index (χ3v) is 6.00. The number of amides is 1. The van der Waals surface area contributed by atoms with E-state index in [2.05, 4.69) is 10.2 Å². The van der Waals surface area contributed by atoms with E-state index in [9.17, 15) is 4.79 Å². The number of thiophene rings is 1. The normalized spacial score (nSPS) is 16.4. The highest BCUT2D eigenvalue weighted by Gasteiger charge is 2.30. The van der Waals surface area contributed by atoms with Gasteiger partial charge in [0.25, 0.3) is 11.8 Å². The summed E-state index contributed by atoms with van der Waals surface area (Å²) in [6, 6.07) is 7.25. The second kappa shape index (κ2) is 8.74. The molecular formula is C21H23N3O5S. The van der Waals surface area contributed by atoms with Gasteiger partial charge in [0, 0.05) is 18.7 Å². The van der Waals surface area contributed by atoms with Crippen LogP contribution in [0.1, 0.15) is 35.0 Å². The average Bonchev–Trinajstić information content (AvgIpc) is 3.49. The van der Waals surface area contributed by atoms with Crippen molar-refractivity contribution in [2.45, 2.75) is 18.8 Å². The van der Waals surface area contributed by atoms with Crippen molar-refractivity contribution in [1.82, 2.24) is 15.1 Å². The Kier molecular flexibility index (Phi) is 5.89. The summed E-state index contributed by atoms with van der Waals surface area (Å²) in [4.78, 5) is 16.0. The van der Waals surface area contributed by atoms with Gasteiger partial charge in [-0.05, 0) is 36.4 Å². The first-order chi connectivity index (χ1) is 14.6. The summed E-state index contributed by atoms with van der Waals surface area (Å²) in [5.41, 5.74) is 0.481. The summed E-state index contributed by atoms with van der Waals surface area (Å²) >= 11 is 1.55. The summed E-state index contributed by atoms with van der Waals surface area (Å²) < 4.78 is 22.0. The zero-order valence-corrected chi connectivity index (χ0v) is 17.9. The van der Waals surface area contributed by atoms with Crippen molar-refractivity contribution in [3.8, 4) is 28.0 Å². The van der Waals surface area contributed by atoms with Crippen molar-refractivity contribution in [2.24, 2.45) is 0 Å². The van der Waals surface area contributed by atoms with Crippen molar-refractivity contribution in [3.63, 3.8) is 0 Å². The van der Waals surface area contributed by atoms with E-state index in [0.717, 1.165) is 17.7 Å². The molecule has 2 aromatic heterocycles. The number of hydrogen-bond acceptors (Lipinski definition) is 8. The molecule has 8 nitrogen and oxygen atoms in total. The molecule has 3 aromatic rings. The number of ether oxygens (including phenoxy) is 3. The van der Waals surface area contributed by atoms with Gasteiger partial charge in [-0.1, -0.05) is 6.07 Å². The minimum atomic E-state index is -0.100. The summed E-state index contributed by atoms with van der Waals surface area (Å²) in [5, 5.41) is 10.4. The second-order valence-electron chi connectivity index (χ2n) is 6.93. The predicted octanol–water partition coefficient (Wildman–Crippen LogP) is 3.84. The average molecular weight is 429 g/mol. The maximum atomic E-state index is 13.2. The molecule has 30 heavy (non-hydrogen) atoms. The molecule has 0 spiro atoms. The van der Waals surface area contributed by atoms with Gasteiger partial charge in [0.1, 0.15) is 0 Å². The minimum absolute atomic E-state index is 0.00551. The second-order valence-corrected chi connectivity index (χ2v) is 7.87. The van der Waals surface area contributed by atoms with Crippen LogP contribution in [0.3, 0.4) is 0 Å². The number of piperidine rings is 1. The Labute approximate surface area is 178 Å². The smallest absolute Gasteiger partial charge is 0.257 e. The Morgan fingerprint density at radius 1 is 1.17 bits per heavy atom. The quantitative estimate of drug-likeness (QED) is 0.588. The lowest BCUT2D eigenvalue weighted by molar-refractivity contribution is 0.0697. The highest BCUT2D eigenvalue weighted by atomic mass is 32.1. The molecule has 4 rings (SSSR count). The topological polar surface area (TPSA) is 86.9 Å². The Morgan fingerprint density at radius 2 is 1.93 bits per heavy atom. The van der Waals surface area contributed by atoms with Gasteiger partial charge in [-0.2, -0.15) is 0 Å². The number of methoxy groups -OCH3 is 3. The lowest BCUT2D eigenvalue weighted by Gasteiger charge is -2.31. The first kappa shape index (κ1) is 20.2. The van der Waals surface area contributed by atoms with Crippen LogP contribution in [0.15, 0.2) is 34.1 Å². The van der Waals surface area contributed by atoms with Crippen LogP contribution in [0, 0.1) is 0 Å². The van der Waals surface area contributed by atoms with Crippen molar-refractivity contribution in [2.75, 3.05) is 34.4 Å². The third-order valence-electron chi connectivity index (χ3n) is 5.14. The molecule has 0 unspecified atom stereocenters. The van der Waals surface area contributed by atoms with Crippen LogP contribution >= 0.6 is 11.3 Å². The van der Waals surface area contributed by atoms with Gasteiger partial charge >= 0.3 is 0 Å². The molecule has 1 aliphatic rings. The van der Waals surface area contributed by atoms with Gasteiger partial charge in [-0.3, -0.25) is 4.79 Å². The third kappa shape index (κ3) is 3.85. The molecule has 0 bridgehead atoms. The van der Waals surface area contributed by atoms with Crippen molar-refractivity contribution >= 4 is 17.2 Å². The van der Waals surface area contributed by atoms with Crippen molar-refractivity contribution < 1.29 is 23.4 Å². The number of rotatable bonds is 6. The zero-order valence-electron chi connectivity index (χ0n) is 17.1. The highest BCUT2D eigenvalue weighted by molar-refractivity contribution is 7.13. The lowest BCUT2D eigenvalue weighted by atomic mass is 9.97. The van der Waals surface area contributed by atoms with Crippen LogP contribution in [0.2, 0.25) is 0 Å². The molecule has 9 heteroatoms. The summed E-state index contributed by atoms with van der Waals surface area (Å²) in [7, 11) is 4.60. The fraction of sp³-hybridized carbons (Fsp3) is 0.381. The fourth-order valence-corrected chi connectivity index (χ4v) is 4.29. The van der Waals surface area contributed by atoms with Crippen LogP contribution in [-0.4, -0.2) is 55.4 Å². The molecule has 1 fully saturated rings. The summed E-state index contributed by atoms with van der Waals surface area (Å²) in [6.07, 6.45) is 1.75. The lowest BCUT2D eigenvalue weighted by Crippen LogP contribution is -2.39. The van der Waals surface area contributed by atoms with E-state index >= 15 is 0 Å². The van der Waals surface area contributed by atoms with E-state index < -0.39 is 0 Å². The van der Waals surface area contributed by atoms with Crippen LogP contribution < -0.4 is 14.2 Å². The van der Waals surface area contributed by atoms with Gasteiger partial charge < -0.3 is 23.5 Å². The van der Waals surface area contributed by atoms with Gasteiger partial charge in [0.05, 0.1) is 32.1 Å². The van der Waals surface area contributed by atoms with Crippen molar-refractivity contribution in [3.05, 3.63) is 41.1 Å². The standard InChI is InChI=1S/C21H23N3O5S/c1-26-15-10-14(11-16(27-2)18(15)28-3)21(25)24-8-4-6-13(12-24)19-22-23-20(29-19)17-7-5-9-30-17/h5,7,9-11,13H,4,6,8,12H2,1-3H3/t13-/m0/s1. The number of aromatic nitrogens is 2. The number of hydrogen-bond donors (Lipinski definition) is 0. The molecule has 0 N–H and O–H groups in total. The highest BCUT2D eigenvalue weighted by Crippen LogP contribution is 2.39. The SMILES string of the molecule is COc1cc(C(=O)N2CCC[C@H](c3nnc(-c4cccs4)o3)C2)cc(OC)c1OC. The van der Waals surface area contributed by atoms with Crippen LogP contribution in [0.5, 0.6) is 17.2 Å². The molecule has 1 atom stereocenters. The molecule has 0 saturated carbocycles. The molecule has 1 amide bonds. The van der Waals surface area contributed by atoms with E-state index in [-0.39, 0.29) is 11.8 Å². The molecule has 0 aliphatic carbocycles. The molecule has 158 valence electrons. The van der Waals surface area contributed by atoms with Gasteiger partial charge in [-0.15, -0.1) is 21.5 Å². The first-order valence-corrected chi connectivity index (χ1v) is 10.5. The van der Waals surface area contributed by atoms with Crippen LogP contribution in [0.4, 0.5) is 0 Å². The Morgan fingerprint density at radius 3 is 2.57 bits per heavy atom. The molecule has 3 heterocycles. The van der Waals surface area contributed by atoms with Crippen LogP contribution in [-0.2, 0) is 0 Å². The maximum absolute atomic E-state index is 13.2. The summed E-state index contributed by atoms with van der Waals surface area (Å²) in [5.74, 6) is 2.36. The number of nitrogens with zero attached hydrogens (tertiary/aromatic N) is 3. The van der Waals surface area contributed by atoms with Gasteiger partial charge in [0.2, 0.25) is 11.6 Å². The fourth-order valence-electron chi connectivity index (χ4n) is 3.65. The van der Waals surface area contributed by atoms with Crippen LogP contribution in [0.25, 0.3) is 10.8 Å². The monoisotopic (exact) mass is 429 g/mol. The Balaban J connectivity index is 1.54. The first-order valence-electron chi connectivity index (χ1n) is 9.61. The van der Waals surface area contributed by atoms with E-state index in [4.69, 9.17) is 18.6 Å². The largest absolute Gasteiger partial charge is 0.493 e. The molecule has 1 saturated heterocycles. The predicted molar refractivity (Wildman–Crippen MR) is 112 cm³/mol. The number of benzene rings is 1. The van der Waals surface area contributed by atoms with Crippen molar-refractivity contribution in [1.29, 1.82) is 0 Å². The van der Waals surface area contributed by atoms with E-state index in [0.29, 0.717) is 47.7 Å². The molecule has 1 aliphatic heterocycles. The summed E-state index contributed by atoms with van der Waals surface area (Å²) in [6.45, 7) is 1.18. The van der Waals surface area contributed by atoms with E-state index in [1.54, 1.807) is 23.5 Å². The van der Waals surface area contributed by atoms with Gasteiger partial charge in [-0.25, -0.2) is 0 Å². The van der Waals surface area contributed by atoms with Gasteiger partial charge in [0.15, 0.2) is 11.5 Å².